The van der Waals surface area contributed by atoms with Crippen LogP contribution in [0.5, 0.6) is 0 Å². The highest BCUT2D eigenvalue weighted by atomic mass is 32.1. The zero-order valence-corrected chi connectivity index (χ0v) is 10.9. The van der Waals surface area contributed by atoms with Crippen LogP contribution in [-0.2, 0) is 17.6 Å². The normalized spacial score (nSPS) is 10.5. The average Bonchev–Trinajstić information content (AvgIpc) is 2.67. The largest absolute Gasteiger partial charge is 0.299 e. The van der Waals surface area contributed by atoms with Crippen molar-refractivity contribution in [3.05, 3.63) is 51.5 Å². The van der Waals surface area contributed by atoms with Crippen molar-refractivity contribution in [1.82, 2.24) is 4.98 Å². The molecule has 88 valence electrons. The molecule has 0 spiro atoms. The maximum absolute atomic E-state index is 11.9. The number of benzene rings is 1. The lowest BCUT2D eigenvalue weighted by Gasteiger charge is -2.03. The number of carbonyl (C=O) groups excluding carboxylic acids is 1. The van der Waals surface area contributed by atoms with Crippen LogP contribution < -0.4 is 0 Å². The van der Waals surface area contributed by atoms with Gasteiger partial charge in [0.15, 0.2) is 0 Å². The van der Waals surface area contributed by atoms with Crippen LogP contribution in [0.3, 0.4) is 0 Å². The molecule has 0 saturated carbocycles. The van der Waals surface area contributed by atoms with E-state index in [0.717, 1.165) is 16.3 Å². The number of ketones is 1. The van der Waals surface area contributed by atoms with Crippen LogP contribution in [0.4, 0.5) is 0 Å². The molecule has 0 aliphatic rings. The molecule has 0 aliphatic carbocycles. The first-order valence-corrected chi connectivity index (χ1v) is 6.50. The van der Waals surface area contributed by atoms with E-state index in [2.05, 4.69) is 4.98 Å². The topological polar surface area (TPSA) is 30.0 Å². The molecule has 0 amide bonds. The number of thiazole rings is 1. The van der Waals surface area contributed by atoms with Crippen LogP contribution in [0.15, 0.2) is 29.6 Å². The van der Waals surface area contributed by atoms with Crippen LogP contribution in [0.2, 0.25) is 0 Å². The summed E-state index contributed by atoms with van der Waals surface area (Å²) in [7, 11) is 0. The van der Waals surface area contributed by atoms with Gasteiger partial charge in [-0.1, -0.05) is 24.3 Å². The summed E-state index contributed by atoms with van der Waals surface area (Å²) in [5.74, 6) is 0.230. The first kappa shape index (κ1) is 12.0. The van der Waals surface area contributed by atoms with Crippen LogP contribution in [-0.4, -0.2) is 10.8 Å². The molecule has 0 unspecified atom stereocenters. The maximum Gasteiger partial charge on any atom is 0.144 e. The molecule has 0 radical (unpaired) electrons. The molecule has 1 aromatic carbocycles. The number of rotatable bonds is 4. The summed E-state index contributed by atoms with van der Waals surface area (Å²) in [6.07, 6.45) is 0.956. The van der Waals surface area contributed by atoms with E-state index in [0.29, 0.717) is 12.8 Å². The van der Waals surface area contributed by atoms with Crippen molar-refractivity contribution in [2.24, 2.45) is 0 Å². The highest BCUT2D eigenvalue weighted by molar-refractivity contribution is 7.09. The Balaban J connectivity index is 2.01. The fourth-order valence-corrected chi connectivity index (χ4v) is 2.54. The molecule has 2 rings (SSSR count). The molecule has 0 atom stereocenters. The third-order valence-electron chi connectivity index (χ3n) is 2.66. The van der Waals surface area contributed by atoms with Crippen molar-refractivity contribution >= 4 is 17.1 Å². The monoisotopic (exact) mass is 245 g/mol. The van der Waals surface area contributed by atoms with E-state index in [-0.39, 0.29) is 5.78 Å². The van der Waals surface area contributed by atoms with Crippen molar-refractivity contribution in [2.45, 2.75) is 26.7 Å². The molecule has 0 N–H and O–H groups in total. The third-order valence-corrected chi connectivity index (χ3v) is 3.63. The molecule has 0 saturated heterocycles. The minimum Gasteiger partial charge on any atom is -0.299 e. The second-order valence-electron chi connectivity index (χ2n) is 4.20. The van der Waals surface area contributed by atoms with E-state index in [1.54, 1.807) is 11.3 Å². The van der Waals surface area contributed by atoms with Crippen molar-refractivity contribution in [3.8, 4) is 0 Å². The van der Waals surface area contributed by atoms with E-state index in [1.807, 2.05) is 43.5 Å². The molecule has 1 aromatic heterocycles. The van der Waals surface area contributed by atoms with Gasteiger partial charge in [-0.15, -0.1) is 11.3 Å². The van der Waals surface area contributed by atoms with Crippen molar-refractivity contribution < 1.29 is 4.79 Å². The Morgan fingerprint density at radius 1 is 1.24 bits per heavy atom. The minimum absolute atomic E-state index is 0.230. The molecule has 17 heavy (non-hydrogen) atoms. The minimum atomic E-state index is 0.230. The summed E-state index contributed by atoms with van der Waals surface area (Å²) < 4.78 is 0. The van der Waals surface area contributed by atoms with Gasteiger partial charge < -0.3 is 0 Å². The van der Waals surface area contributed by atoms with Gasteiger partial charge in [-0.2, -0.15) is 0 Å². The van der Waals surface area contributed by atoms with E-state index < -0.39 is 0 Å². The van der Waals surface area contributed by atoms with Gasteiger partial charge in [0.1, 0.15) is 10.8 Å². The van der Waals surface area contributed by atoms with Gasteiger partial charge in [-0.3, -0.25) is 4.79 Å². The number of hydrogen-bond acceptors (Lipinski definition) is 3. The van der Waals surface area contributed by atoms with Gasteiger partial charge in [0, 0.05) is 17.5 Å². The number of Topliss-reactive ketones (excluding diaryl/α,β-unsaturated/α-hetero) is 1. The third kappa shape index (κ3) is 3.24. The van der Waals surface area contributed by atoms with Crippen molar-refractivity contribution in [3.63, 3.8) is 0 Å². The molecule has 2 nitrogen and oxygen atoms in total. The fraction of sp³-hybridized carbons (Fsp3) is 0.286. The summed E-state index contributed by atoms with van der Waals surface area (Å²) in [5, 5.41) is 2.90. The van der Waals surface area contributed by atoms with Crippen LogP contribution in [0.25, 0.3) is 0 Å². The first-order valence-electron chi connectivity index (χ1n) is 5.62. The fourth-order valence-electron chi connectivity index (χ4n) is 1.74. The summed E-state index contributed by atoms with van der Waals surface area (Å²) in [4.78, 5) is 16.2. The molecule has 1 heterocycles. The molecule has 3 heteroatoms. The van der Waals surface area contributed by atoms with Gasteiger partial charge in [0.05, 0.1) is 6.42 Å². The highest BCUT2D eigenvalue weighted by Crippen LogP contribution is 2.13. The van der Waals surface area contributed by atoms with Gasteiger partial charge in [0.2, 0.25) is 0 Å². The number of nitrogens with zero attached hydrogens (tertiary/aromatic N) is 1. The first-order chi connectivity index (χ1) is 8.15. The van der Waals surface area contributed by atoms with Gasteiger partial charge >= 0.3 is 0 Å². The Kier molecular flexibility index (Phi) is 3.69. The van der Waals surface area contributed by atoms with Gasteiger partial charge in [-0.25, -0.2) is 4.98 Å². The Morgan fingerprint density at radius 2 is 2.00 bits per heavy atom. The predicted molar refractivity (Wildman–Crippen MR) is 70.4 cm³/mol. The lowest BCUT2D eigenvalue weighted by molar-refractivity contribution is -0.117. The maximum atomic E-state index is 11.9. The van der Waals surface area contributed by atoms with E-state index in [9.17, 15) is 4.79 Å². The molecular weight excluding hydrogens is 230 g/mol. The Bertz CT molecular complexity index is 531. The Hall–Kier alpha value is -1.48. The number of hydrogen-bond donors (Lipinski definition) is 0. The Labute approximate surface area is 105 Å². The zero-order chi connectivity index (χ0) is 12.3. The van der Waals surface area contributed by atoms with E-state index in [1.165, 1.54) is 5.56 Å². The van der Waals surface area contributed by atoms with Crippen molar-refractivity contribution in [1.29, 1.82) is 0 Å². The van der Waals surface area contributed by atoms with Gasteiger partial charge in [-0.05, 0) is 25.0 Å². The van der Waals surface area contributed by atoms with E-state index >= 15 is 0 Å². The van der Waals surface area contributed by atoms with Crippen LogP contribution in [0, 0.1) is 13.8 Å². The Morgan fingerprint density at radius 3 is 2.65 bits per heavy atom. The number of aromatic nitrogens is 1. The summed E-state index contributed by atoms with van der Waals surface area (Å²) in [6, 6.07) is 8.02. The van der Waals surface area contributed by atoms with Crippen LogP contribution in [0.1, 0.15) is 21.8 Å². The lowest BCUT2D eigenvalue weighted by Crippen LogP contribution is -2.07. The SMILES string of the molecule is Cc1csc(CC(=O)Cc2ccccc2C)n1. The molecule has 2 aromatic rings. The average molecular weight is 245 g/mol. The van der Waals surface area contributed by atoms with Gasteiger partial charge in [0.25, 0.3) is 0 Å². The lowest BCUT2D eigenvalue weighted by atomic mass is 10.0. The second kappa shape index (κ2) is 5.23. The highest BCUT2D eigenvalue weighted by Gasteiger charge is 2.09. The standard InChI is InChI=1S/C14H15NOS/c1-10-5-3-4-6-12(10)7-13(16)8-14-15-11(2)9-17-14/h3-6,9H,7-8H2,1-2H3. The quantitative estimate of drug-likeness (QED) is 0.828. The predicted octanol–water partition coefficient (Wildman–Crippen LogP) is 3.11. The number of carbonyl (C=O) groups is 1. The molecular formula is C14H15NOS. The number of aryl methyl sites for hydroxylation is 2. The van der Waals surface area contributed by atoms with Crippen molar-refractivity contribution in [2.75, 3.05) is 0 Å². The smallest absolute Gasteiger partial charge is 0.144 e. The molecule has 0 fully saturated rings. The second-order valence-corrected chi connectivity index (χ2v) is 5.14. The summed E-state index contributed by atoms with van der Waals surface area (Å²) >= 11 is 1.56. The van der Waals surface area contributed by atoms with Crippen LogP contribution >= 0.6 is 11.3 Å². The zero-order valence-electron chi connectivity index (χ0n) is 10.1. The summed E-state index contributed by atoms with van der Waals surface area (Å²) in [5.41, 5.74) is 3.29. The molecule has 0 bridgehead atoms. The molecule has 0 aliphatic heterocycles. The van der Waals surface area contributed by atoms with E-state index in [4.69, 9.17) is 0 Å². The summed E-state index contributed by atoms with van der Waals surface area (Å²) in [6.45, 7) is 3.99.